The summed E-state index contributed by atoms with van der Waals surface area (Å²) in [7, 11) is 0. The van der Waals surface area contributed by atoms with Gasteiger partial charge in [0.1, 0.15) is 0 Å². The average Bonchev–Trinajstić information content (AvgIpc) is 2.80. The summed E-state index contributed by atoms with van der Waals surface area (Å²) in [5.74, 6) is 0. The van der Waals surface area contributed by atoms with Gasteiger partial charge >= 0.3 is 0 Å². The van der Waals surface area contributed by atoms with Gasteiger partial charge < -0.3 is 5.32 Å². The lowest BCUT2D eigenvalue weighted by Crippen LogP contribution is -2.49. The summed E-state index contributed by atoms with van der Waals surface area (Å²) in [4.78, 5) is 0. The lowest BCUT2D eigenvalue weighted by molar-refractivity contribution is 0.625. The molecule has 0 amide bonds. The fraction of sp³-hybridized carbons (Fsp3) is 0.133. The topological polar surface area (TPSA) is 36.1 Å². The molecule has 0 aromatic carbocycles. The maximum atomic E-state index is 5.24. The minimum atomic E-state index is 0.110. The maximum absolute atomic E-state index is 5.24. The van der Waals surface area contributed by atoms with Crippen LogP contribution in [0.4, 0.5) is 0 Å². The number of thiocarbonyl (C=S) groups is 1. The van der Waals surface area contributed by atoms with Crippen molar-refractivity contribution in [1.29, 1.82) is 0 Å². The summed E-state index contributed by atoms with van der Waals surface area (Å²) >= 11 is 5.24. The molecule has 0 spiro atoms. The van der Waals surface area contributed by atoms with Crippen LogP contribution in [0.15, 0.2) is 72.9 Å². The van der Waals surface area contributed by atoms with E-state index in [0.717, 1.165) is 0 Å². The summed E-state index contributed by atoms with van der Waals surface area (Å²) in [6.45, 7) is 0. The van der Waals surface area contributed by atoms with Gasteiger partial charge in [-0.05, 0) is 12.2 Å². The van der Waals surface area contributed by atoms with Crippen LogP contribution < -0.4 is 16.2 Å². The largest absolute Gasteiger partial charge is 0.352 e. The summed E-state index contributed by atoms with van der Waals surface area (Å²) in [6, 6.07) is 0.232. The van der Waals surface area contributed by atoms with Crippen LogP contribution in [-0.4, -0.2) is 17.2 Å². The lowest BCUT2D eigenvalue weighted by atomic mass is 10.2. The van der Waals surface area contributed by atoms with Crippen molar-refractivity contribution >= 4 is 17.3 Å². The van der Waals surface area contributed by atoms with E-state index in [4.69, 9.17) is 12.2 Å². The van der Waals surface area contributed by atoms with Crippen LogP contribution in [0.2, 0.25) is 0 Å². The highest BCUT2D eigenvalue weighted by Crippen LogP contribution is 1.97. The Morgan fingerprint density at radius 3 is 1.68 bits per heavy atom. The highest BCUT2D eigenvalue weighted by Gasteiger charge is 2.04. The molecule has 2 aliphatic rings. The molecule has 98 valence electrons. The number of nitrogens with one attached hydrogen (secondary N) is 3. The second-order valence-corrected chi connectivity index (χ2v) is 4.51. The third kappa shape index (κ3) is 5.07. The molecule has 0 saturated heterocycles. The molecule has 3 nitrogen and oxygen atoms in total. The van der Waals surface area contributed by atoms with Crippen molar-refractivity contribution in [3.05, 3.63) is 72.9 Å². The molecule has 0 fully saturated rings. The smallest absolute Gasteiger partial charge is 0.181 e. The first kappa shape index (κ1) is 13.5. The Morgan fingerprint density at radius 2 is 1.16 bits per heavy atom. The Labute approximate surface area is 119 Å². The van der Waals surface area contributed by atoms with Gasteiger partial charge in [-0.25, -0.2) is 5.43 Å². The molecule has 0 radical (unpaired) electrons. The van der Waals surface area contributed by atoms with Crippen molar-refractivity contribution in [2.24, 2.45) is 0 Å². The van der Waals surface area contributed by atoms with E-state index in [0.29, 0.717) is 5.11 Å². The van der Waals surface area contributed by atoms with Gasteiger partial charge in [-0.15, -0.1) is 0 Å². The molecule has 0 unspecified atom stereocenters. The molecule has 0 atom stereocenters. The highest BCUT2D eigenvalue weighted by molar-refractivity contribution is 7.80. The van der Waals surface area contributed by atoms with E-state index in [2.05, 4.69) is 16.2 Å². The van der Waals surface area contributed by atoms with Crippen LogP contribution in [0.1, 0.15) is 0 Å². The molecular weight excluding hydrogens is 254 g/mol. The Bertz CT molecular complexity index is 452. The molecule has 19 heavy (non-hydrogen) atoms. The number of hydrogen-bond acceptors (Lipinski definition) is 2. The summed E-state index contributed by atoms with van der Waals surface area (Å²) in [6.07, 6.45) is 24.1. The van der Waals surface area contributed by atoms with Crippen LogP contribution in [0.3, 0.4) is 0 Å². The van der Waals surface area contributed by atoms with Crippen LogP contribution >= 0.6 is 12.2 Å². The summed E-state index contributed by atoms with van der Waals surface area (Å²) in [5, 5.41) is 3.76. The second-order valence-electron chi connectivity index (χ2n) is 4.10. The van der Waals surface area contributed by atoms with E-state index in [1.165, 1.54) is 0 Å². The molecule has 2 aliphatic carbocycles. The van der Waals surface area contributed by atoms with E-state index in [9.17, 15) is 0 Å². The van der Waals surface area contributed by atoms with Crippen LogP contribution in [0, 0.1) is 0 Å². The summed E-state index contributed by atoms with van der Waals surface area (Å²) in [5.41, 5.74) is 6.14. The molecule has 0 aliphatic heterocycles. The zero-order chi connectivity index (χ0) is 13.3. The van der Waals surface area contributed by atoms with Gasteiger partial charge in [0.15, 0.2) is 5.11 Å². The Hall–Kier alpha value is -1.91. The zero-order valence-electron chi connectivity index (χ0n) is 10.5. The first-order valence-electron chi connectivity index (χ1n) is 6.20. The van der Waals surface area contributed by atoms with Gasteiger partial charge in [0.25, 0.3) is 0 Å². The molecular formula is C15H17N3S. The van der Waals surface area contributed by atoms with Gasteiger partial charge in [-0.3, -0.25) is 5.43 Å². The fourth-order valence-electron chi connectivity index (χ4n) is 1.65. The van der Waals surface area contributed by atoms with E-state index >= 15 is 0 Å². The van der Waals surface area contributed by atoms with E-state index in [1.54, 1.807) is 0 Å². The first-order valence-corrected chi connectivity index (χ1v) is 6.61. The highest BCUT2D eigenvalue weighted by atomic mass is 32.1. The van der Waals surface area contributed by atoms with Gasteiger partial charge in [-0.1, -0.05) is 72.9 Å². The molecule has 3 N–H and O–H groups in total. The Kier molecular flexibility index (Phi) is 5.34. The van der Waals surface area contributed by atoms with Crippen molar-refractivity contribution in [1.82, 2.24) is 16.2 Å². The molecule has 0 bridgehead atoms. The van der Waals surface area contributed by atoms with Crippen LogP contribution in [0.5, 0.6) is 0 Å². The quantitative estimate of drug-likeness (QED) is 0.542. The normalized spacial score (nSPS) is 18.3. The molecule has 2 rings (SSSR count). The van der Waals surface area contributed by atoms with Gasteiger partial charge in [0, 0.05) is 0 Å². The number of rotatable bonds is 3. The lowest BCUT2D eigenvalue weighted by Gasteiger charge is -2.17. The number of hydrazine groups is 1. The van der Waals surface area contributed by atoms with E-state index in [-0.39, 0.29) is 12.1 Å². The minimum Gasteiger partial charge on any atom is -0.352 e. The number of allylic oxidation sites excluding steroid dienone is 8. The van der Waals surface area contributed by atoms with Crippen molar-refractivity contribution in [3.8, 4) is 0 Å². The third-order valence-electron chi connectivity index (χ3n) is 2.59. The monoisotopic (exact) mass is 271 g/mol. The molecule has 0 heterocycles. The Balaban J connectivity index is 1.75. The minimum absolute atomic E-state index is 0.110. The van der Waals surface area contributed by atoms with Gasteiger partial charge in [0.2, 0.25) is 0 Å². The standard InChI is InChI=1S/C15H17N3S/c19-15(16-13-9-5-1-2-6-10-13)18-17-14-11-7-3-4-8-12-14/h1-14,17H,(H2,16,18,19). The summed E-state index contributed by atoms with van der Waals surface area (Å²) < 4.78 is 0. The number of hydrogen-bond donors (Lipinski definition) is 3. The van der Waals surface area contributed by atoms with Gasteiger partial charge in [0.05, 0.1) is 12.1 Å². The van der Waals surface area contributed by atoms with Crippen molar-refractivity contribution in [2.45, 2.75) is 12.1 Å². The Morgan fingerprint density at radius 1 is 0.684 bits per heavy atom. The van der Waals surface area contributed by atoms with Crippen molar-refractivity contribution in [3.63, 3.8) is 0 Å². The van der Waals surface area contributed by atoms with Crippen LogP contribution in [0.25, 0.3) is 0 Å². The predicted molar refractivity (Wildman–Crippen MR) is 84.4 cm³/mol. The predicted octanol–water partition coefficient (Wildman–Crippen LogP) is 2.06. The molecule has 0 aromatic rings. The third-order valence-corrected chi connectivity index (χ3v) is 2.81. The maximum Gasteiger partial charge on any atom is 0.181 e. The molecule has 4 heteroatoms. The van der Waals surface area contributed by atoms with Crippen molar-refractivity contribution in [2.75, 3.05) is 0 Å². The van der Waals surface area contributed by atoms with E-state index < -0.39 is 0 Å². The molecule has 0 aromatic heterocycles. The second kappa shape index (κ2) is 7.51. The SMILES string of the molecule is S=C(NNC1C=CC=CC=C1)NC1C=CC=CC=C1. The van der Waals surface area contributed by atoms with Gasteiger partial charge in [-0.2, -0.15) is 0 Å². The zero-order valence-corrected chi connectivity index (χ0v) is 11.3. The first-order chi connectivity index (χ1) is 9.34. The van der Waals surface area contributed by atoms with Crippen LogP contribution in [-0.2, 0) is 0 Å². The van der Waals surface area contributed by atoms with E-state index in [1.807, 2.05) is 72.9 Å². The molecule has 0 saturated carbocycles. The fourth-order valence-corrected chi connectivity index (χ4v) is 1.84. The van der Waals surface area contributed by atoms with Crippen molar-refractivity contribution < 1.29 is 0 Å². The average molecular weight is 271 g/mol.